The molecular formula is C45H48F3N11O10S. The molecule has 1 saturated heterocycles. The summed E-state index contributed by atoms with van der Waals surface area (Å²) in [6.07, 6.45) is 2.60. The summed E-state index contributed by atoms with van der Waals surface area (Å²) in [5.74, 6) is -4.82. The average Bonchev–Trinajstić information content (AvgIpc) is 3.88. The zero-order valence-electron chi connectivity index (χ0n) is 37.9. The molecule has 21 nitrogen and oxygen atoms in total. The van der Waals surface area contributed by atoms with Gasteiger partial charge in [0.05, 0.1) is 92.5 Å². The summed E-state index contributed by atoms with van der Waals surface area (Å²) in [7, 11) is -3.91. The zero-order chi connectivity index (χ0) is 49.5. The summed E-state index contributed by atoms with van der Waals surface area (Å²) in [6.45, 7) is 6.40. The molecule has 70 heavy (non-hydrogen) atoms. The number of imide groups is 2. The van der Waals surface area contributed by atoms with Gasteiger partial charge in [-0.05, 0) is 68.8 Å². The number of amides is 4. The van der Waals surface area contributed by atoms with Crippen molar-refractivity contribution < 1.29 is 59.7 Å². The Kier molecular flexibility index (Phi) is 15.3. The van der Waals surface area contributed by atoms with Gasteiger partial charge in [0.25, 0.3) is 11.8 Å². The van der Waals surface area contributed by atoms with Gasteiger partial charge in [0.1, 0.15) is 29.9 Å². The first-order valence-electron chi connectivity index (χ1n) is 22.2. The van der Waals surface area contributed by atoms with Crippen LogP contribution in [0.4, 0.5) is 36.2 Å². The number of benzene rings is 3. The molecule has 0 spiro atoms. The minimum Gasteiger partial charge on any atom is -0.486 e. The molecule has 4 N–H and O–H groups in total. The van der Waals surface area contributed by atoms with E-state index in [1.165, 1.54) is 36.4 Å². The van der Waals surface area contributed by atoms with E-state index in [0.717, 1.165) is 17.2 Å². The van der Waals surface area contributed by atoms with Crippen molar-refractivity contribution in [3.05, 3.63) is 95.2 Å². The van der Waals surface area contributed by atoms with Gasteiger partial charge in [-0.1, -0.05) is 5.21 Å². The molecule has 0 aliphatic carbocycles. The SMILES string of the molecule is CC(C)N1CCOc2c(F)cc(-c3nc(Nc4ccc(S(=O)(=O)NCCOCc5cn(CCOCCOCCNc6cc7c(cc6F)C(=O)N(C6CCC(=O)NC6=O)C7=O)nn5)cc4)ncc3F)cc21. The Labute approximate surface area is 399 Å². The van der Waals surface area contributed by atoms with Crippen LogP contribution in [0.3, 0.4) is 0 Å². The number of fused-ring (bicyclic) bond motifs is 2. The molecule has 3 aliphatic heterocycles. The fraction of sp³-hybridized carbons (Fsp3) is 0.378. The van der Waals surface area contributed by atoms with Gasteiger partial charge in [0.15, 0.2) is 17.4 Å². The Balaban J connectivity index is 0.698. The quantitative estimate of drug-likeness (QED) is 0.0572. The van der Waals surface area contributed by atoms with Gasteiger partial charge in [-0.2, -0.15) is 0 Å². The predicted molar refractivity (Wildman–Crippen MR) is 243 cm³/mol. The molecule has 0 bridgehead atoms. The maximum atomic E-state index is 15.1. The van der Waals surface area contributed by atoms with Crippen LogP contribution in [0.1, 0.15) is 53.1 Å². The Morgan fingerprint density at radius 2 is 1.63 bits per heavy atom. The number of ether oxygens (including phenoxy) is 4. The van der Waals surface area contributed by atoms with Gasteiger partial charge in [-0.3, -0.25) is 29.4 Å². The number of rotatable bonds is 22. The van der Waals surface area contributed by atoms with Crippen molar-refractivity contribution in [1.29, 1.82) is 0 Å². The first kappa shape index (κ1) is 49.4. The van der Waals surface area contributed by atoms with Gasteiger partial charge >= 0.3 is 0 Å². The number of aromatic nitrogens is 5. The topological polar surface area (TPSA) is 250 Å². The number of piperidine rings is 1. The summed E-state index contributed by atoms with van der Waals surface area (Å²) in [5.41, 5.74) is 1.29. The Bertz CT molecular complexity index is 2890. The minimum absolute atomic E-state index is 0.00947. The molecule has 3 aliphatic rings. The van der Waals surface area contributed by atoms with Crippen LogP contribution >= 0.6 is 0 Å². The second kappa shape index (κ2) is 21.7. The lowest BCUT2D eigenvalue weighted by atomic mass is 10.0. The Morgan fingerprint density at radius 3 is 2.39 bits per heavy atom. The molecule has 3 aromatic carbocycles. The number of hydrogen-bond acceptors (Lipinski definition) is 17. The second-order valence-corrected chi connectivity index (χ2v) is 18.1. The van der Waals surface area contributed by atoms with E-state index < -0.39 is 57.1 Å². The van der Waals surface area contributed by atoms with Gasteiger partial charge in [0, 0.05) is 36.8 Å². The number of hydrogen-bond donors (Lipinski definition) is 4. The lowest BCUT2D eigenvalue weighted by Crippen LogP contribution is -2.54. The van der Waals surface area contributed by atoms with Gasteiger partial charge in [0.2, 0.25) is 27.8 Å². The monoisotopic (exact) mass is 991 g/mol. The van der Waals surface area contributed by atoms with Gasteiger partial charge in [-0.25, -0.2) is 41.0 Å². The summed E-state index contributed by atoms with van der Waals surface area (Å²) >= 11 is 0. The van der Waals surface area contributed by atoms with Crippen LogP contribution in [0.25, 0.3) is 11.3 Å². The molecule has 1 atom stereocenters. The maximum Gasteiger partial charge on any atom is 0.262 e. The first-order valence-corrected chi connectivity index (χ1v) is 23.7. The van der Waals surface area contributed by atoms with E-state index in [4.69, 9.17) is 18.9 Å². The largest absolute Gasteiger partial charge is 0.486 e. The summed E-state index contributed by atoms with van der Waals surface area (Å²) in [6, 6.07) is 9.62. The molecule has 8 rings (SSSR count). The van der Waals surface area contributed by atoms with Crippen LogP contribution in [0, 0.1) is 17.5 Å². The molecular weight excluding hydrogens is 944 g/mol. The number of halogens is 3. The molecule has 25 heteroatoms. The number of sulfonamides is 1. The Morgan fingerprint density at radius 1 is 0.886 bits per heavy atom. The van der Waals surface area contributed by atoms with Crippen molar-refractivity contribution in [2.45, 2.75) is 56.8 Å². The van der Waals surface area contributed by atoms with Crippen molar-refractivity contribution >= 4 is 56.7 Å². The van der Waals surface area contributed by atoms with Crippen molar-refractivity contribution in [2.75, 3.05) is 74.8 Å². The van der Waals surface area contributed by atoms with Crippen molar-refractivity contribution in [3.8, 4) is 17.0 Å². The first-order chi connectivity index (χ1) is 33.7. The average molecular weight is 992 g/mol. The third-order valence-corrected chi connectivity index (χ3v) is 12.8. The fourth-order valence-corrected chi connectivity index (χ4v) is 8.85. The number of carbonyl (C=O) groups is 4. The van der Waals surface area contributed by atoms with E-state index in [9.17, 15) is 36.4 Å². The summed E-state index contributed by atoms with van der Waals surface area (Å²) in [5, 5.41) is 16.0. The minimum atomic E-state index is -3.91. The number of carbonyl (C=O) groups excluding carboxylic acids is 4. The van der Waals surface area contributed by atoms with E-state index in [-0.39, 0.29) is 110 Å². The summed E-state index contributed by atoms with van der Waals surface area (Å²) < 4.78 is 97.2. The van der Waals surface area contributed by atoms with E-state index >= 15 is 4.39 Å². The van der Waals surface area contributed by atoms with Crippen molar-refractivity contribution in [3.63, 3.8) is 0 Å². The molecule has 370 valence electrons. The van der Waals surface area contributed by atoms with Crippen LogP contribution in [-0.2, 0) is 47.0 Å². The van der Waals surface area contributed by atoms with Crippen LogP contribution in [0.5, 0.6) is 5.75 Å². The molecule has 5 aromatic rings. The highest BCUT2D eigenvalue weighted by molar-refractivity contribution is 7.89. The van der Waals surface area contributed by atoms with Crippen LogP contribution in [0.15, 0.2) is 65.8 Å². The summed E-state index contributed by atoms with van der Waals surface area (Å²) in [4.78, 5) is 60.7. The maximum absolute atomic E-state index is 15.1. The lowest BCUT2D eigenvalue weighted by molar-refractivity contribution is -0.136. The number of anilines is 4. The van der Waals surface area contributed by atoms with Crippen molar-refractivity contribution in [1.82, 2.24) is 39.9 Å². The van der Waals surface area contributed by atoms with E-state index in [1.54, 1.807) is 16.9 Å². The molecule has 2 aromatic heterocycles. The number of nitrogens with one attached hydrogen (secondary N) is 4. The van der Waals surface area contributed by atoms with E-state index in [0.29, 0.717) is 43.4 Å². The smallest absolute Gasteiger partial charge is 0.262 e. The Hall–Kier alpha value is -7.06. The molecule has 4 amide bonds. The van der Waals surface area contributed by atoms with Crippen LogP contribution < -0.4 is 30.3 Å². The zero-order valence-corrected chi connectivity index (χ0v) is 38.7. The molecule has 0 saturated carbocycles. The third-order valence-electron chi connectivity index (χ3n) is 11.3. The molecule has 0 radical (unpaired) electrons. The van der Waals surface area contributed by atoms with Crippen LogP contribution in [-0.4, -0.2) is 133 Å². The third kappa shape index (κ3) is 11.3. The number of nitrogens with zero attached hydrogens (tertiary/aromatic N) is 7. The van der Waals surface area contributed by atoms with Crippen LogP contribution in [0.2, 0.25) is 0 Å². The normalized spacial score (nSPS) is 15.8. The fourth-order valence-electron chi connectivity index (χ4n) is 7.84. The van der Waals surface area contributed by atoms with E-state index in [1.807, 2.05) is 18.7 Å². The molecule has 1 fully saturated rings. The van der Waals surface area contributed by atoms with Gasteiger partial charge in [-0.15, -0.1) is 5.10 Å². The van der Waals surface area contributed by atoms with E-state index in [2.05, 4.69) is 41.0 Å². The van der Waals surface area contributed by atoms with Crippen molar-refractivity contribution in [2.24, 2.45) is 0 Å². The standard InChI is InChI=1S/C45H48F3N11O10S/c1-26(2)58-12-16-69-41-34(47)19-27(20-38(41)58)40-35(48)23-50-45(54-40)52-28-3-5-30(6-4-28)70(64,65)51-10-14-68-25-29-24-57(56-55-29)11-15-67-18-17-66-13-9-49-36-22-32-31(21-33(36)46)43(62)59(44(32)63)37-7-8-39(60)53-42(37)61/h3-6,19-24,26,37,49,51H,7-18,25H2,1-2H3,(H,50,52,54)(H,53,60,61). The predicted octanol–water partition coefficient (Wildman–Crippen LogP) is 3.54. The molecule has 1 unspecified atom stereocenters. The lowest BCUT2D eigenvalue weighted by Gasteiger charge is -2.34. The second-order valence-electron chi connectivity index (χ2n) is 16.4. The molecule has 5 heterocycles. The van der Waals surface area contributed by atoms with Gasteiger partial charge < -0.3 is 34.5 Å². The highest BCUT2D eigenvalue weighted by Gasteiger charge is 2.45. The highest BCUT2D eigenvalue weighted by Crippen LogP contribution is 2.39. The highest BCUT2D eigenvalue weighted by atomic mass is 32.2.